The lowest BCUT2D eigenvalue weighted by Gasteiger charge is -2.41. The number of benzene rings is 1. The van der Waals surface area contributed by atoms with Gasteiger partial charge in [-0.1, -0.05) is 50.6 Å². The van der Waals surface area contributed by atoms with Crippen LogP contribution < -0.4 is 0 Å². The predicted molar refractivity (Wildman–Crippen MR) is 216 cm³/mol. The first-order chi connectivity index (χ1) is 29.1. The number of halogens is 8. The highest BCUT2D eigenvalue weighted by Crippen LogP contribution is 2.52. The second-order valence-corrected chi connectivity index (χ2v) is 20.9. The average molecular weight is 951 g/mol. The molecule has 3 saturated carbocycles. The minimum absolute atomic E-state index is 0.0837. The van der Waals surface area contributed by atoms with Gasteiger partial charge in [0.2, 0.25) is 11.9 Å². The van der Waals surface area contributed by atoms with Gasteiger partial charge >= 0.3 is 45.6 Å². The fourth-order valence-electron chi connectivity index (χ4n) is 9.45. The molecule has 3 aliphatic carbocycles. The number of carbonyl (C=O) groups excluding carboxylic acids is 4. The fourth-order valence-corrected chi connectivity index (χ4v) is 10.2. The van der Waals surface area contributed by atoms with E-state index in [0.29, 0.717) is 31.1 Å². The molecular formula is C44H62F8O11S. The third-order valence-electron chi connectivity index (χ3n) is 13.3. The molecule has 11 nitrogen and oxygen atoms in total. The number of alkyl halides is 8. The SMILES string of the molecule is CC(O)(CC1CC2CCC1C2)C(F)(F)F.CCC1(OC(=O)C(C)(CC(C)(C)C(=O)OC)CC(C)(CC)C(=O)OCC(F)(F)S(=O)(=O)OC(C(=O)c2ccccc2)C(F)(F)F)CCCC1. The molecule has 7 unspecified atom stereocenters. The largest absolute Gasteiger partial charge is 0.469 e. The minimum atomic E-state index is -6.53. The second kappa shape index (κ2) is 20.2. The van der Waals surface area contributed by atoms with Crippen molar-refractivity contribution in [2.45, 2.75) is 167 Å². The summed E-state index contributed by atoms with van der Waals surface area (Å²) in [6.45, 7) is 7.73. The maximum Gasteiger partial charge on any atom is 0.423 e. The Balaban J connectivity index is 0.000000604. The summed E-state index contributed by atoms with van der Waals surface area (Å²) in [4.78, 5) is 52.4. The zero-order valence-electron chi connectivity index (χ0n) is 37.6. The summed E-state index contributed by atoms with van der Waals surface area (Å²) >= 11 is 0. The Kier molecular flexibility index (Phi) is 17.4. The number of Topliss-reactive ketones (excluding diaryl/α,β-unsaturated/α-hetero) is 1. The van der Waals surface area contributed by atoms with E-state index in [4.69, 9.17) is 14.2 Å². The number of methoxy groups -OCH3 is 1. The standard InChI is InChI=1S/C33H45F5O10S.C11H17F3O/c1-8-29(5,20-30(6,19-28(3,4)25(40)45-7)27(42)47-31(9-2)17-13-14-18-31)26(41)46-21-32(34,35)49(43,44)48-24(33(36,37)38)23(39)22-15-11-10-12-16-22;1-10(15,11(12,13)14)6-9-5-7-2-3-8(9)4-7/h10-12,15-16,24H,8-9,13-14,17-21H2,1-7H3;7-9,15H,2-6H2,1H3. The molecule has 2 bridgehead atoms. The van der Waals surface area contributed by atoms with Crippen LogP contribution in [0, 0.1) is 34.0 Å². The summed E-state index contributed by atoms with van der Waals surface area (Å²) in [5.74, 6) is -3.62. The van der Waals surface area contributed by atoms with Crippen molar-refractivity contribution < 1.29 is 86.2 Å². The van der Waals surface area contributed by atoms with E-state index in [2.05, 4.69) is 4.18 Å². The van der Waals surface area contributed by atoms with Crippen LogP contribution in [0.25, 0.3) is 0 Å². The molecule has 1 N–H and O–H groups in total. The van der Waals surface area contributed by atoms with Gasteiger partial charge in [0.05, 0.1) is 23.4 Å². The first kappa shape index (κ1) is 54.9. The van der Waals surface area contributed by atoms with Gasteiger partial charge in [0.15, 0.2) is 12.2 Å². The smallest absolute Gasteiger partial charge is 0.423 e. The molecule has 0 aliphatic heterocycles. The summed E-state index contributed by atoms with van der Waals surface area (Å²) in [6, 6.07) is 5.52. The maximum absolute atomic E-state index is 15.0. The Hall–Kier alpha value is -3.39. The van der Waals surface area contributed by atoms with Crippen LogP contribution in [0.3, 0.4) is 0 Å². The van der Waals surface area contributed by atoms with Crippen LogP contribution in [0.4, 0.5) is 35.1 Å². The van der Waals surface area contributed by atoms with Crippen LogP contribution in [0.1, 0.15) is 142 Å². The molecule has 64 heavy (non-hydrogen) atoms. The van der Waals surface area contributed by atoms with E-state index in [1.54, 1.807) is 0 Å². The van der Waals surface area contributed by atoms with Gasteiger partial charge in [-0.05, 0) is 129 Å². The zero-order valence-corrected chi connectivity index (χ0v) is 38.4. The van der Waals surface area contributed by atoms with Gasteiger partial charge in [0, 0.05) is 5.56 Å². The van der Waals surface area contributed by atoms with E-state index < -0.39 is 104 Å². The summed E-state index contributed by atoms with van der Waals surface area (Å²) in [7, 11) is -5.37. The van der Waals surface area contributed by atoms with Crippen molar-refractivity contribution in [3.63, 3.8) is 0 Å². The van der Waals surface area contributed by atoms with Crippen molar-refractivity contribution in [1.29, 1.82) is 0 Å². The number of rotatable bonds is 19. The lowest BCUT2D eigenvalue weighted by Crippen LogP contribution is -2.48. The highest BCUT2D eigenvalue weighted by Gasteiger charge is 2.58. The number of ether oxygens (including phenoxy) is 3. The van der Waals surface area contributed by atoms with Gasteiger partial charge in [0.1, 0.15) is 5.60 Å². The van der Waals surface area contributed by atoms with Crippen molar-refractivity contribution in [2.75, 3.05) is 13.7 Å². The monoisotopic (exact) mass is 950 g/mol. The van der Waals surface area contributed by atoms with Gasteiger partial charge in [-0.3, -0.25) is 19.2 Å². The van der Waals surface area contributed by atoms with E-state index in [1.165, 1.54) is 59.2 Å². The number of fused-ring (bicyclic) bond motifs is 2. The molecule has 20 heteroatoms. The first-order valence-electron chi connectivity index (χ1n) is 21.4. The molecule has 0 spiro atoms. The molecule has 3 aliphatic rings. The molecule has 366 valence electrons. The van der Waals surface area contributed by atoms with Crippen LogP contribution in [0.2, 0.25) is 0 Å². The normalized spacial score (nSPS) is 23.4. The Morgan fingerprint density at radius 3 is 1.84 bits per heavy atom. The number of carbonyl (C=O) groups is 4. The first-order valence-corrected chi connectivity index (χ1v) is 22.8. The third-order valence-corrected chi connectivity index (χ3v) is 14.6. The molecule has 3 fully saturated rings. The molecule has 0 radical (unpaired) electrons. The molecule has 1 aromatic rings. The predicted octanol–water partition coefficient (Wildman–Crippen LogP) is 10.1. The van der Waals surface area contributed by atoms with E-state index >= 15 is 0 Å². The van der Waals surface area contributed by atoms with Crippen molar-refractivity contribution in [1.82, 2.24) is 0 Å². The molecule has 0 amide bonds. The quantitative estimate of drug-likeness (QED) is 0.0462. The molecule has 0 saturated heterocycles. The van der Waals surface area contributed by atoms with Crippen LogP contribution in [0.5, 0.6) is 0 Å². The van der Waals surface area contributed by atoms with Gasteiger partial charge in [-0.2, -0.15) is 43.5 Å². The Morgan fingerprint density at radius 2 is 1.39 bits per heavy atom. The van der Waals surface area contributed by atoms with Gasteiger partial charge in [-0.15, -0.1) is 0 Å². The summed E-state index contributed by atoms with van der Waals surface area (Å²) in [5, 5.41) is 4.18. The number of hydrogen-bond donors (Lipinski definition) is 1. The van der Waals surface area contributed by atoms with Crippen molar-refractivity contribution >= 4 is 33.8 Å². The Labute approximate surface area is 369 Å². The highest BCUT2D eigenvalue weighted by molar-refractivity contribution is 7.87. The third kappa shape index (κ3) is 13.2. The Morgan fingerprint density at radius 1 is 0.812 bits per heavy atom. The van der Waals surface area contributed by atoms with E-state index in [1.807, 2.05) is 6.92 Å². The molecule has 7 atom stereocenters. The zero-order chi connectivity index (χ0) is 49.0. The van der Waals surface area contributed by atoms with Crippen molar-refractivity contribution in [3.8, 4) is 0 Å². The number of hydrogen-bond acceptors (Lipinski definition) is 11. The van der Waals surface area contributed by atoms with Gasteiger partial charge in [-0.25, -0.2) is 4.18 Å². The summed E-state index contributed by atoms with van der Waals surface area (Å²) < 4.78 is 153. The summed E-state index contributed by atoms with van der Waals surface area (Å²) in [5.41, 5.74) is -8.59. The highest BCUT2D eigenvalue weighted by atomic mass is 32.2. The van der Waals surface area contributed by atoms with Crippen LogP contribution in [-0.2, 0) is 42.9 Å². The van der Waals surface area contributed by atoms with Crippen LogP contribution in [0.15, 0.2) is 30.3 Å². The molecular weight excluding hydrogens is 889 g/mol. The lowest BCUT2D eigenvalue weighted by molar-refractivity contribution is -0.259. The molecule has 0 aromatic heterocycles. The van der Waals surface area contributed by atoms with E-state index in [9.17, 15) is 67.8 Å². The van der Waals surface area contributed by atoms with Crippen LogP contribution >= 0.6 is 0 Å². The molecule has 1 aromatic carbocycles. The van der Waals surface area contributed by atoms with Crippen molar-refractivity contribution in [3.05, 3.63) is 35.9 Å². The second-order valence-electron chi connectivity index (χ2n) is 19.2. The molecule has 0 heterocycles. The van der Waals surface area contributed by atoms with Gasteiger partial charge in [0.25, 0.3) is 0 Å². The summed E-state index contributed by atoms with van der Waals surface area (Å²) in [6.07, 6.45) is -7.36. The number of esters is 3. The fraction of sp³-hybridized carbons (Fsp3) is 0.773. The number of aliphatic hydroxyl groups is 1. The van der Waals surface area contributed by atoms with Crippen LogP contribution in [-0.4, -0.2) is 85.8 Å². The number of ketones is 1. The average Bonchev–Trinajstić information content (AvgIpc) is 3.96. The van der Waals surface area contributed by atoms with Gasteiger partial charge < -0.3 is 19.3 Å². The minimum Gasteiger partial charge on any atom is -0.469 e. The molecule has 4 rings (SSSR count). The topological polar surface area (TPSA) is 160 Å². The lowest BCUT2D eigenvalue weighted by atomic mass is 9.65. The van der Waals surface area contributed by atoms with E-state index in [-0.39, 0.29) is 25.2 Å². The maximum atomic E-state index is 15.0. The Bertz CT molecular complexity index is 1900. The van der Waals surface area contributed by atoms with E-state index in [0.717, 1.165) is 58.3 Å². The van der Waals surface area contributed by atoms with Crippen molar-refractivity contribution in [2.24, 2.45) is 34.0 Å².